The summed E-state index contributed by atoms with van der Waals surface area (Å²) in [6.07, 6.45) is 4.49. The van der Waals surface area contributed by atoms with Crippen LogP contribution >= 0.6 is 0 Å². The Morgan fingerprint density at radius 1 is 1.23 bits per heavy atom. The first-order chi connectivity index (χ1) is 14.6. The molecule has 1 aromatic carbocycles. The van der Waals surface area contributed by atoms with E-state index in [9.17, 15) is 9.59 Å². The average molecular weight is 418 g/mol. The maximum Gasteiger partial charge on any atom is 0.224 e. The van der Waals surface area contributed by atoms with Gasteiger partial charge in [-0.25, -0.2) is 0 Å². The van der Waals surface area contributed by atoms with Crippen LogP contribution in [-0.2, 0) is 20.7 Å². The molecule has 7 heteroatoms. The van der Waals surface area contributed by atoms with Crippen LogP contribution < -0.4 is 10.1 Å². The van der Waals surface area contributed by atoms with Crippen LogP contribution in [0.1, 0.15) is 38.2 Å². The number of carbonyl (C=O) groups excluding carboxylic acids is 2. The molecule has 166 valence electrons. The van der Waals surface area contributed by atoms with Gasteiger partial charge in [-0.3, -0.25) is 14.5 Å². The highest BCUT2D eigenvalue weighted by Crippen LogP contribution is 2.23. The summed E-state index contributed by atoms with van der Waals surface area (Å²) in [5.74, 6) is 0.931. The fourth-order valence-corrected chi connectivity index (χ4v) is 4.55. The highest BCUT2D eigenvalue weighted by atomic mass is 16.5. The SMILES string of the molecule is COc1cccc(CC(=O)NCCN(C2CCOCC2)C2CCCN(C(C)=O)C2)c1. The normalized spacial score (nSPS) is 20.2. The average Bonchev–Trinajstić information content (AvgIpc) is 2.77. The number of carbonyl (C=O) groups is 2. The molecule has 2 aliphatic rings. The van der Waals surface area contributed by atoms with Crippen molar-refractivity contribution < 1.29 is 19.1 Å². The van der Waals surface area contributed by atoms with Crippen LogP contribution in [0, 0.1) is 0 Å². The first-order valence-corrected chi connectivity index (χ1v) is 11.1. The molecule has 1 N–H and O–H groups in total. The molecule has 0 radical (unpaired) electrons. The van der Waals surface area contributed by atoms with Gasteiger partial charge in [0.25, 0.3) is 0 Å². The van der Waals surface area contributed by atoms with Crippen LogP contribution in [0.4, 0.5) is 0 Å². The number of likely N-dealkylation sites (tertiary alicyclic amines) is 1. The van der Waals surface area contributed by atoms with Gasteiger partial charge in [-0.1, -0.05) is 12.1 Å². The molecule has 2 heterocycles. The molecule has 1 unspecified atom stereocenters. The molecule has 3 rings (SSSR count). The highest BCUT2D eigenvalue weighted by Gasteiger charge is 2.31. The molecule has 0 bridgehead atoms. The van der Waals surface area contributed by atoms with Gasteiger partial charge in [0, 0.05) is 58.4 Å². The number of rotatable bonds is 8. The van der Waals surface area contributed by atoms with Crippen LogP contribution in [0.3, 0.4) is 0 Å². The highest BCUT2D eigenvalue weighted by molar-refractivity contribution is 5.78. The van der Waals surface area contributed by atoms with Crippen molar-refractivity contribution in [3.63, 3.8) is 0 Å². The first-order valence-electron chi connectivity index (χ1n) is 11.1. The van der Waals surface area contributed by atoms with Crippen LogP contribution in [0.25, 0.3) is 0 Å². The van der Waals surface area contributed by atoms with Gasteiger partial charge in [0.15, 0.2) is 0 Å². The summed E-state index contributed by atoms with van der Waals surface area (Å²) in [6, 6.07) is 8.41. The third kappa shape index (κ3) is 6.44. The zero-order valence-electron chi connectivity index (χ0n) is 18.3. The predicted octanol–water partition coefficient (Wildman–Crippen LogP) is 1.85. The smallest absolute Gasteiger partial charge is 0.224 e. The second-order valence-electron chi connectivity index (χ2n) is 8.22. The van der Waals surface area contributed by atoms with Crippen LogP contribution in [0.5, 0.6) is 5.75 Å². The molecule has 7 nitrogen and oxygen atoms in total. The van der Waals surface area contributed by atoms with E-state index in [1.54, 1.807) is 14.0 Å². The summed E-state index contributed by atoms with van der Waals surface area (Å²) >= 11 is 0. The molecule has 0 spiro atoms. The molecule has 0 aromatic heterocycles. The summed E-state index contributed by atoms with van der Waals surface area (Å²) < 4.78 is 10.8. The van der Waals surface area contributed by atoms with Crippen molar-refractivity contribution in [2.45, 2.75) is 51.1 Å². The Morgan fingerprint density at radius 2 is 2.03 bits per heavy atom. The number of nitrogens with zero attached hydrogens (tertiary/aromatic N) is 2. The number of piperidine rings is 1. The lowest BCUT2D eigenvalue weighted by Gasteiger charge is -2.44. The number of nitrogens with one attached hydrogen (secondary N) is 1. The summed E-state index contributed by atoms with van der Waals surface area (Å²) in [5.41, 5.74) is 0.942. The Labute approximate surface area is 179 Å². The Morgan fingerprint density at radius 3 is 2.77 bits per heavy atom. The molecule has 0 saturated carbocycles. The molecule has 1 aromatic rings. The van der Waals surface area contributed by atoms with Gasteiger partial charge >= 0.3 is 0 Å². The Balaban J connectivity index is 1.55. The van der Waals surface area contributed by atoms with E-state index in [4.69, 9.17) is 9.47 Å². The summed E-state index contributed by atoms with van der Waals surface area (Å²) in [6.45, 7) is 6.26. The van der Waals surface area contributed by atoms with Crippen molar-refractivity contribution in [2.24, 2.45) is 0 Å². The van der Waals surface area contributed by atoms with E-state index in [1.165, 1.54) is 0 Å². The number of hydrogen-bond donors (Lipinski definition) is 1. The minimum absolute atomic E-state index is 0.0178. The molecular weight excluding hydrogens is 382 g/mol. The lowest BCUT2D eigenvalue weighted by molar-refractivity contribution is -0.131. The predicted molar refractivity (Wildman–Crippen MR) is 116 cm³/mol. The monoisotopic (exact) mass is 417 g/mol. The standard InChI is InChI=1S/C23H35N3O4/c1-18(27)25-11-4-6-21(17-25)26(20-8-13-30-14-9-20)12-10-24-23(28)16-19-5-3-7-22(15-19)29-2/h3,5,7,15,20-21H,4,6,8-14,16-17H2,1-2H3,(H,24,28). The maximum absolute atomic E-state index is 12.4. The summed E-state index contributed by atoms with van der Waals surface area (Å²) in [7, 11) is 1.63. The van der Waals surface area contributed by atoms with E-state index in [2.05, 4.69) is 10.2 Å². The second-order valence-corrected chi connectivity index (χ2v) is 8.22. The molecule has 1 atom stereocenters. The van der Waals surface area contributed by atoms with Gasteiger partial charge in [-0.05, 0) is 43.4 Å². The number of ether oxygens (including phenoxy) is 2. The quantitative estimate of drug-likeness (QED) is 0.699. The van der Waals surface area contributed by atoms with Crippen molar-refractivity contribution in [3.05, 3.63) is 29.8 Å². The van der Waals surface area contributed by atoms with Gasteiger partial charge in [-0.15, -0.1) is 0 Å². The van der Waals surface area contributed by atoms with Crippen molar-refractivity contribution >= 4 is 11.8 Å². The maximum atomic E-state index is 12.4. The number of hydrogen-bond acceptors (Lipinski definition) is 5. The van der Waals surface area contributed by atoms with Crippen molar-refractivity contribution in [3.8, 4) is 5.75 Å². The van der Waals surface area contributed by atoms with Crippen molar-refractivity contribution in [1.82, 2.24) is 15.1 Å². The Kier molecular flexibility index (Phi) is 8.51. The van der Waals surface area contributed by atoms with Crippen LogP contribution in [0.15, 0.2) is 24.3 Å². The van der Waals surface area contributed by atoms with Crippen LogP contribution in [-0.4, -0.2) is 80.2 Å². The lowest BCUT2D eigenvalue weighted by atomic mass is 9.98. The fraction of sp³-hybridized carbons (Fsp3) is 0.652. The van der Waals surface area contributed by atoms with Gasteiger partial charge in [0.1, 0.15) is 5.75 Å². The third-order valence-corrected chi connectivity index (χ3v) is 6.16. The second kappa shape index (κ2) is 11.3. The van der Waals surface area contributed by atoms with Gasteiger partial charge < -0.3 is 19.7 Å². The zero-order chi connectivity index (χ0) is 21.3. The van der Waals surface area contributed by atoms with E-state index >= 15 is 0 Å². The molecule has 2 fully saturated rings. The van der Waals surface area contributed by atoms with E-state index in [-0.39, 0.29) is 11.8 Å². The largest absolute Gasteiger partial charge is 0.497 e. The van der Waals surface area contributed by atoms with Gasteiger partial charge in [0.05, 0.1) is 13.5 Å². The Bertz CT molecular complexity index is 705. The molecule has 2 amide bonds. The molecule has 0 aliphatic carbocycles. The summed E-state index contributed by atoms with van der Waals surface area (Å²) in [5, 5.41) is 3.08. The van der Waals surface area contributed by atoms with Gasteiger partial charge in [-0.2, -0.15) is 0 Å². The number of methoxy groups -OCH3 is 1. The lowest BCUT2D eigenvalue weighted by Crippen LogP contribution is -2.55. The van der Waals surface area contributed by atoms with E-state index in [0.717, 1.165) is 69.8 Å². The third-order valence-electron chi connectivity index (χ3n) is 6.16. The fourth-order valence-electron chi connectivity index (χ4n) is 4.55. The minimum atomic E-state index is 0.0178. The topological polar surface area (TPSA) is 71.1 Å². The van der Waals surface area contributed by atoms with Crippen LogP contribution in [0.2, 0.25) is 0 Å². The number of benzene rings is 1. The first kappa shape index (κ1) is 22.6. The van der Waals surface area contributed by atoms with Gasteiger partial charge in [0.2, 0.25) is 11.8 Å². The van der Waals surface area contributed by atoms with E-state index in [1.807, 2.05) is 29.2 Å². The molecular formula is C23H35N3O4. The Hall–Kier alpha value is -2.12. The van der Waals surface area contributed by atoms with E-state index < -0.39 is 0 Å². The van der Waals surface area contributed by atoms with Crippen molar-refractivity contribution in [1.29, 1.82) is 0 Å². The van der Waals surface area contributed by atoms with E-state index in [0.29, 0.717) is 25.0 Å². The zero-order valence-corrected chi connectivity index (χ0v) is 18.3. The van der Waals surface area contributed by atoms with Crippen molar-refractivity contribution in [2.75, 3.05) is 46.5 Å². The molecule has 2 saturated heterocycles. The summed E-state index contributed by atoms with van der Waals surface area (Å²) in [4.78, 5) is 28.8. The molecule has 30 heavy (non-hydrogen) atoms. The number of amides is 2. The minimum Gasteiger partial charge on any atom is -0.497 e. The molecule has 2 aliphatic heterocycles.